The highest BCUT2D eigenvalue weighted by Crippen LogP contribution is 2.26. The minimum absolute atomic E-state index is 0.00274. The Bertz CT molecular complexity index is 1170. The Labute approximate surface area is 181 Å². The van der Waals surface area contributed by atoms with Gasteiger partial charge in [0.05, 0.1) is 21.2 Å². The number of halogens is 1. The van der Waals surface area contributed by atoms with E-state index in [1.165, 1.54) is 36.4 Å². The molecular weight excluding hydrogens is 474 g/mol. The standard InChI is InChI=1S/C20H16BrN3O5S/c21-18-8-4-5-9-19(18)22-20(25)14-23(15-10-12-16(13-11-15)24(26)27)30(28,29)17-6-2-1-3-7-17/h1-13H,14H2,(H,22,25). The van der Waals surface area contributed by atoms with Gasteiger partial charge in [0.15, 0.2) is 0 Å². The molecule has 0 saturated carbocycles. The monoisotopic (exact) mass is 489 g/mol. The predicted octanol–water partition coefficient (Wildman–Crippen LogP) is 4.19. The molecule has 3 rings (SSSR count). The van der Waals surface area contributed by atoms with E-state index in [2.05, 4.69) is 21.2 Å². The maximum absolute atomic E-state index is 13.2. The van der Waals surface area contributed by atoms with Gasteiger partial charge in [-0.1, -0.05) is 30.3 Å². The summed E-state index contributed by atoms with van der Waals surface area (Å²) in [4.78, 5) is 23.0. The van der Waals surface area contributed by atoms with Crippen molar-refractivity contribution in [3.8, 4) is 0 Å². The number of nitrogens with one attached hydrogen (secondary N) is 1. The van der Waals surface area contributed by atoms with E-state index in [1.807, 2.05) is 0 Å². The number of hydrogen-bond acceptors (Lipinski definition) is 5. The normalized spacial score (nSPS) is 11.0. The van der Waals surface area contributed by atoms with Crippen molar-refractivity contribution in [1.82, 2.24) is 0 Å². The zero-order valence-corrected chi connectivity index (χ0v) is 17.8. The highest BCUT2D eigenvalue weighted by molar-refractivity contribution is 9.10. The Hall–Kier alpha value is -3.24. The lowest BCUT2D eigenvalue weighted by molar-refractivity contribution is -0.384. The van der Waals surface area contributed by atoms with Crippen LogP contribution in [-0.4, -0.2) is 25.8 Å². The number of nitro benzene ring substituents is 1. The molecule has 8 nitrogen and oxygen atoms in total. The van der Waals surface area contributed by atoms with Gasteiger partial charge in [0.25, 0.3) is 15.7 Å². The van der Waals surface area contributed by atoms with E-state index in [0.29, 0.717) is 10.2 Å². The van der Waals surface area contributed by atoms with Crippen molar-refractivity contribution in [2.45, 2.75) is 4.90 Å². The van der Waals surface area contributed by atoms with Crippen LogP contribution in [0.3, 0.4) is 0 Å². The molecule has 0 spiro atoms. The summed E-state index contributed by atoms with van der Waals surface area (Å²) in [5, 5.41) is 13.6. The number of sulfonamides is 1. The fourth-order valence-corrected chi connectivity index (χ4v) is 4.48. The summed E-state index contributed by atoms with van der Waals surface area (Å²) in [7, 11) is -4.09. The number of nitrogens with zero attached hydrogens (tertiary/aromatic N) is 2. The second-order valence-corrected chi connectivity index (χ2v) is 8.84. The molecular formula is C20H16BrN3O5S. The first kappa shape index (κ1) is 21.5. The van der Waals surface area contributed by atoms with Gasteiger partial charge in [0, 0.05) is 16.6 Å². The van der Waals surface area contributed by atoms with E-state index in [0.717, 1.165) is 4.31 Å². The Kier molecular flexibility index (Phi) is 6.48. The van der Waals surface area contributed by atoms with Gasteiger partial charge in [-0.15, -0.1) is 0 Å². The van der Waals surface area contributed by atoms with Crippen molar-refractivity contribution in [2.24, 2.45) is 0 Å². The molecule has 1 N–H and O–H groups in total. The number of carbonyl (C=O) groups excluding carboxylic acids is 1. The van der Waals surface area contributed by atoms with Crippen molar-refractivity contribution < 1.29 is 18.1 Å². The fourth-order valence-electron chi connectivity index (χ4n) is 2.66. The van der Waals surface area contributed by atoms with Crippen LogP contribution in [-0.2, 0) is 14.8 Å². The second-order valence-electron chi connectivity index (χ2n) is 6.13. The van der Waals surface area contributed by atoms with E-state index in [4.69, 9.17) is 0 Å². The van der Waals surface area contributed by atoms with Gasteiger partial charge in [0.2, 0.25) is 5.91 Å². The van der Waals surface area contributed by atoms with Crippen molar-refractivity contribution >= 4 is 48.9 Å². The number of anilines is 2. The Morgan fingerprint density at radius 3 is 2.17 bits per heavy atom. The lowest BCUT2D eigenvalue weighted by Gasteiger charge is -2.24. The van der Waals surface area contributed by atoms with Gasteiger partial charge in [-0.25, -0.2) is 8.42 Å². The lowest BCUT2D eigenvalue weighted by atomic mass is 10.3. The molecule has 0 radical (unpaired) electrons. The predicted molar refractivity (Wildman–Crippen MR) is 117 cm³/mol. The maximum Gasteiger partial charge on any atom is 0.269 e. The summed E-state index contributed by atoms with van der Waals surface area (Å²) in [6, 6.07) is 19.5. The van der Waals surface area contributed by atoms with Crippen LogP contribution < -0.4 is 9.62 Å². The molecule has 10 heteroatoms. The van der Waals surface area contributed by atoms with E-state index >= 15 is 0 Å². The van der Waals surface area contributed by atoms with E-state index in [-0.39, 0.29) is 16.3 Å². The average molecular weight is 490 g/mol. The van der Waals surface area contributed by atoms with Gasteiger partial charge in [-0.2, -0.15) is 0 Å². The molecule has 154 valence electrons. The van der Waals surface area contributed by atoms with Crippen LogP contribution in [0.15, 0.2) is 88.2 Å². The lowest BCUT2D eigenvalue weighted by Crippen LogP contribution is -2.38. The Balaban J connectivity index is 1.96. The molecule has 0 saturated heterocycles. The van der Waals surface area contributed by atoms with Crippen LogP contribution >= 0.6 is 15.9 Å². The van der Waals surface area contributed by atoms with Crippen LogP contribution in [0, 0.1) is 10.1 Å². The van der Waals surface area contributed by atoms with Crippen LogP contribution in [0.2, 0.25) is 0 Å². The van der Waals surface area contributed by atoms with E-state index < -0.39 is 27.4 Å². The molecule has 0 atom stereocenters. The minimum atomic E-state index is -4.09. The largest absolute Gasteiger partial charge is 0.323 e. The molecule has 0 aromatic heterocycles. The van der Waals surface area contributed by atoms with Crippen molar-refractivity contribution in [3.63, 3.8) is 0 Å². The number of non-ortho nitro benzene ring substituents is 1. The number of benzene rings is 3. The molecule has 0 aliphatic heterocycles. The first-order chi connectivity index (χ1) is 14.3. The second kappa shape index (κ2) is 9.06. The van der Waals surface area contributed by atoms with Gasteiger partial charge in [0.1, 0.15) is 6.54 Å². The van der Waals surface area contributed by atoms with Gasteiger partial charge in [-0.3, -0.25) is 19.2 Å². The zero-order chi connectivity index (χ0) is 21.7. The summed E-state index contributed by atoms with van der Waals surface area (Å²) in [5.41, 5.74) is 0.434. The van der Waals surface area contributed by atoms with Crippen molar-refractivity contribution in [3.05, 3.63) is 93.4 Å². The quantitative estimate of drug-likeness (QED) is 0.395. The SMILES string of the molecule is O=C(CN(c1ccc([N+](=O)[O-])cc1)S(=O)(=O)c1ccccc1)Nc1ccccc1Br. The topological polar surface area (TPSA) is 110 Å². The highest BCUT2D eigenvalue weighted by Gasteiger charge is 2.27. The fraction of sp³-hybridized carbons (Fsp3) is 0.0500. The van der Waals surface area contributed by atoms with Crippen LogP contribution in [0.5, 0.6) is 0 Å². The van der Waals surface area contributed by atoms with E-state index in [1.54, 1.807) is 42.5 Å². The maximum atomic E-state index is 13.2. The number of carbonyl (C=O) groups is 1. The summed E-state index contributed by atoms with van der Waals surface area (Å²) in [5.74, 6) is -0.570. The number of rotatable bonds is 7. The summed E-state index contributed by atoms with van der Waals surface area (Å²) >= 11 is 3.32. The highest BCUT2D eigenvalue weighted by atomic mass is 79.9. The van der Waals surface area contributed by atoms with Crippen LogP contribution in [0.1, 0.15) is 0 Å². The zero-order valence-electron chi connectivity index (χ0n) is 15.4. The molecule has 3 aromatic carbocycles. The molecule has 3 aromatic rings. The van der Waals surface area contributed by atoms with Gasteiger partial charge in [-0.05, 0) is 52.3 Å². The molecule has 1 amide bonds. The molecule has 0 unspecified atom stereocenters. The first-order valence-corrected chi connectivity index (χ1v) is 10.9. The van der Waals surface area contributed by atoms with E-state index in [9.17, 15) is 23.3 Å². The molecule has 0 aliphatic rings. The first-order valence-electron chi connectivity index (χ1n) is 8.65. The van der Waals surface area contributed by atoms with Gasteiger partial charge >= 0.3 is 0 Å². The van der Waals surface area contributed by atoms with Crippen LogP contribution in [0.25, 0.3) is 0 Å². The molecule has 30 heavy (non-hydrogen) atoms. The number of hydrogen-bond donors (Lipinski definition) is 1. The molecule has 0 heterocycles. The summed E-state index contributed by atoms with van der Waals surface area (Å²) in [6.45, 7) is -0.517. The number of nitro groups is 1. The third-order valence-electron chi connectivity index (χ3n) is 4.11. The Morgan fingerprint density at radius 1 is 0.967 bits per heavy atom. The summed E-state index contributed by atoms with van der Waals surface area (Å²) < 4.78 is 28.0. The average Bonchev–Trinajstić information content (AvgIpc) is 2.74. The van der Waals surface area contributed by atoms with Crippen LogP contribution in [0.4, 0.5) is 17.1 Å². The third-order valence-corrected chi connectivity index (χ3v) is 6.59. The number of amides is 1. The molecule has 0 aliphatic carbocycles. The smallest absolute Gasteiger partial charge is 0.269 e. The van der Waals surface area contributed by atoms with Gasteiger partial charge < -0.3 is 5.32 Å². The molecule has 0 bridgehead atoms. The van der Waals surface area contributed by atoms with Crippen molar-refractivity contribution in [2.75, 3.05) is 16.2 Å². The number of para-hydroxylation sites is 1. The Morgan fingerprint density at radius 2 is 1.57 bits per heavy atom. The minimum Gasteiger partial charge on any atom is -0.323 e. The third kappa shape index (κ3) is 4.84. The van der Waals surface area contributed by atoms with Crippen molar-refractivity contribution in [1.29, 1.82) is 0 Å². The molecule has 0 fully saturated rings. The summed E-state index contributed by atoms with van der Waals surface area (Å²) in [6.07, 6.45) is 0.